The predicted octanol–water partition coefficient (Wildman–Crippen LogP) is 1.53. The van der Waals surface area contributed by atoms with E-state index in [0.717, 1.165) is 28.7 Å². The molecule has 0 radical (unpaired) electrons. The average Bonchev–Trinajstić information content (AvgIpc) is 2.73. The third kappa shape index (κ3) is 2.85. The normalized spacial score (nSPS) is 10.8. The summed E-state index contributed by atoms with van der Waals surface area (Å²) in [5.74, 6) is -0.115. The Morgan fingerprint density at radius 1 is 1.47 bits per heavy atom. The Kier molecular flexibility index (Phi) is 4.34. The maximum absolute atomic E-state index is 12.1. The van der Waals surface area contributed by atoms with E-state index in [0.29, 0.717) is 17.1 Å². The van der Waals surface area contributed by atoms with Crippen molar-refractivity contribution in [3.8, 4) is 0 Å². The van der Waals surface area contributed by atoms with Gasteiger partial charge in [0, 0.05) is 18.1 Å². The lowest BCUT2D eigenvalue weighted by Gasteiger charge is -2.04. The Hall–Kier alpha value is -1.66. The summed E-state index contributed by atoms with van der Waals surface area (Å²) >= 11 is 1.35. The van der Waals surface area contributed by atoms with Crippen molar-refractivity contribution in [2.75, 3.05) is 25.9 Å². The van der Waals surface area contributed by atoms with E-state index in [2.05, 4.69) is 15.6 Å². The van der Waals surface area contributed by atoms with Crippen LogP contribution in [0.4, 0.5) is 5.69 Å². The Morgan fingerprint density at radius 3 is 2.95 bits per heavy atom. The lowest BCUT2D eigenvalue weighted by Crippen LogP contribution is -2.26. The zero-order chi connectivity index (χ0) is 13.8. The topological polar surface area (TPSA) is 80.0 Å². The number of nitrogens with two attached hydrogens (primary N) is 1. The molecular weight excluding hydrogens is 260 g/mol. The van der Waals surface area contributed by atoms with Crippen molar-refractivity contribution >= 4 is 33.1 Å². The number of nitrogen functional groups attached to an aromatic ring is 1. The highest BCUT2D eigenvalue weighted by atomic mass is 32.1. The number of amides is 1. The van der Waals surface area contributed by atoms with Gasteiger partial charge in [0.1, 0.15) is 9.71 Å². The van der Waals surface area contributed by atoms with Crippen LogP contribution in [0.25, 0.3) is 10.2 Å². The number of thiophene rings is 1. The van der Waals surface area contributed by atoms with Crippen LogP contribution in [0.15, 0.2) is 12.3 Å². The minimum atomic E-state index is -0.115. The number of hydrogen-bond acceptors (Lipinski definition) is 5. The number of aromatic nitrogens is 1. The minimum Gasteiger partial charge on any atom is -0.397 e. The highest BCUT2D eigenvalue weighted by molar-refractivity contribution is 7.21. The smallest absolute Gasteiger partial charge is 0.263 e. The van der Waals surface area contributed by atoms with Gasteiger partial charge in [0.15, 0.2) is 0 Å². The molecule has 0 saturated heterocycles. The average molecular weight is 278 g/mol. The van der Waals surface area contributed by atoms with Gasteiger partial charge in [-0.05, 0) is 38.6 Å². The van der Waals surface area contributed by atoms with Crippen molar-refractivity contribution in [3.05, 3.63) is 22.7 Å². The van der Waals surface area contributed by atoms with Gasteiger partial charge in [0.25, 0.3) is 5.91 Å². The van der Waals surface area contributed by atoms with Crippen LogP contribution in [-0.4, -0.2) is 31.0 Å². The summed E-state index contributed by atoms with van der Waals surface area (Å²) in [7, 11) is 1.89. The molecule has 0 spiro atoms. The minimum absolute atomic E-state index is 0.115. The van der Waals surface area contributed by atoms with Gasteiger partial charge in [0.2, 0.25) is 0 Å². The number of rotatable bonds is 5. The Labute approximate surface area is 116 Å². The van der Waals surface area contributed by atoms with Crippen LogP contribution in [0, 0.1) is 6.92 Å². The molecular formula is C13H18N4OS. The van der Waals surface area contributed by atoms with Crippen LogP contribution in [0.2, 0.25) is 0 Å². The maximum Gasteiger partial charge on any atom is 0.263 e. The van der Waals surface area contributed by atoms with Crippen molar-refractivity contribution in [1.82, 2.24) is 15.6 Å². The van der Waals surface area contributed by atoms with E-state index >= 15 is 0 Å². The summed E-state index contributed by atoms with van der Waals surface area (Å²) in [5.41, 5.74) is 7.66. The Morgan fingerprint density at radius 2 is 2.26 bits per heavy atom. The molecule has 6 heteroatoms. The summed E-state index contributed by atoms with van der Waals surface area (Å²) in [6.45, 7) is 3.49. The fourth-order valence-electron chi connectivity index (χ4n) is 1.92. The lowest BCUT2D eigenvalue weighted by molar-refractivity contribution is 0.0958. The van der Waals surface area contributed by atoms with Gasteiger partial charge in [-0.2, -0.15) is 0 Å². The summed E-state index contributed by atoms with van der Waals surface area (Å²) in [6, 6.07) is 1.90. The highest BCUT2D eigenvalue weighted by Crippen LogP contribution is 2.34. The molecule has 0 aliphatic carbocycles. The van der Waals surface area contributed by atoms with E-state index in [1.165, 1.54) is 11.3 Å². The van der Waals surface area contributed by atoms with E-state index in [-0.39, 0.29) is 5.91 Å². The van der Waals surface area contributed by atoms with Crippen LogP contribution in [0.1, 0.15) is 21.7 Å². The van der Waals surface area contributed by atoms with Crippen LogP contribution in [0.3, 0.4) is 0 Å². The van der Waals surface area contributed by atoms with E-state index in [1.54, 1.807) is 6.20 Å². The van der Waals surface area contributed by atoms with E-state index in [1.807, 2.05) is 20.0 Å². The molecule has 2 aromatic heterocycles. The first kappa shape index (κ1) is 13.8. The fourth-order valence-corrected chi connectivity index (χ4v) is 2.98. The molecule has 19 heavy (non-hydrogen) atoms. The molecule has 0 bridgehead atoms. The number of pyridine rings is 1. The molecule has 0 aromatic carbocycles. The summed E-state index contributed by atoms with van der Waals surface area (Å²) in [6.07, 6.45) is 2.63. The fraction of sp³-hybridized carbons (Fsp3) is 0.385. The Balaban J connectivity index is 2.18. The molecule has 0 atom stereocenters. The van der Waals surface area contributed by atoms with Crippen LogP contribution in [-0.2, 0) is 0 Å². The van der Waals surface area contributed by atoms with Gasteiger partial charge < -0.3 is 16.4 Å². The third-order valence-corrected chi connectivity index (χ3v) is 4.04. The van der Waals surface area contributed by atoms with Crippen LogP contribution in [0.5, 0.6) is 0 Å². The number of nitrogens with one attached hydrogen (secondary N) is 2. The molecule has 0 fully saturated rings. The molecule has 2 heterocycles. The monoisotopic (exact) mass is 278 g/mol. The maximum atomic E-state index is 12.1. The zero-order valence-electron chi connectivity index (χ0n) is 11.1. The summed E-state index contributed by atoms with van der Waals surface area (Å²) in [4.78, 5) is 17.7. The quantitative estimate of drug-likeness (QED) is 0.725. The number of carbonyl (C=O) groups excluding carboxylic acids is 1. The standard InChI is InChI=1S/C13H18N4OS/c1-8-4-7-17-13-9(8)10(14)11(19-13)12(18)16-6-3-5-15-2/h4,7,15H,3,5-6,14H2,1-2H3,(H,16,18). The van der Waals surface area contributed by atoms with Crippen LogP contribution >= 0.6 is 11.3 Å². The first-order valence-electron chi connectivity index (χ1n) is 6.21. The predicted molar refractivity (Wildman–Crippen MR) is 79.6 cm³/mol. The molecule has 0 aliphatic heterocycles. The van der Waals surface area contributed by atoms with Crippen molar-refractivity contribution in [2.24, 2.45) is 0 Å². The van der Waals surface area contributed by atoms with Gasteiger partial charge >= 0.3 is 0 Å². The van der Waals surface area contributed by atoms with E-state index < -0.39 is 0 Å². The molecule has 0 unspecified atom stereocenters. The molecule has 0 saturated carbocycles. The van der Waals surface area contributed by atoms with Gasteiger partial charge in [0.05, 0.1) is 5.69 Å². The Bertz CT molecular complexity index is 594. The number of hydrogen-bond donors (Lipinski definition) is 3. The van der Waals surface area contributed by atoms with Gasteiger partial charge in [-0.1, -0.05) is 0 Å². The van der Waals surface area contributed by atoms with Crippen molar-refractivity contribution in [2.45, 2.75) is 13.3 Å². The van der Waals surface area contributed by atoms with Crippen molar-refractivity contribution < 1.29 is 4.79 Å². The second-order valence-corrected chi connectivity index (χ2v) is 5.36. The molecule has 5 nitrogen and oxygen atoms in total. The second kappa shape index (κ2) is 5.99. The van der Waals surface area contributed by atoms with Crippen molar-refractivity contribution in [3.63, 3.8) is 0 Å². The molecule has 1 amide bonds. The first-order chi connectivity index (χ1) is 9.15. The van der Waals surface area contributed by atoms with E-state index in [4.69, 9.17) is 5.73 Å². The van der Waals surface area contributed by atoms with E-state index in [9.17, 15) is 4.79 Å². The largest absolute Gasteiger partial charge is 0.397 e. The van der Waals surface area contributed by atoms with Gasteiger partial charge in [-0.3, -0.25) is 4.79 Å². The lowest BCUT2D eigenvalue weighted by atomic mass is 10.2. The molecule has 2 aromatic rings. The summed E-state index contributed by atoms with van der Waals surface area (Å²) < 4.78 is 0. The molecule has 2 rings (SSSR count). The zero-order valence-corrected chi connectivity index (χ0v) is 11.9. The van der Waals surface area contributed by atoms with Crippen molar-refractivity contribution in [1.29, 1.82) is 0 Å². The van der Waals surface area contributed by atoms with Crippen LogP contribution < -0.4 is 16.4 Å². The SMILES string of the molecule is CNCCCNC(=O)c1sc2nccc(C)c2c1N. The number of nitrogens with zero attached hydrogens (tertiary/aromatic N) is 1. The summed E-state index contributed by atoms with van der Waals surface area (Å²) in [5, 5.41) is 6.81. The number of anilines is 1. The molecule has 102 valence electrons. The first-order valence-corrected chi connectivity index (χ1v) is 7.03. The molecule has 4 N–H and O–H groups in total. The van der Waals surface area contributed by atoms with Gasteiger partial charge in [-0.15, -0.1) is 11.3 Å². The molecule has 0 aliphatic rings. The number of carbonyl (C=O) groups is 1. The number of fused-ring (bicyclic) bond motifs is 1. The third-order valence-electron chi connectivity index (χ3n) is 2.93. The number of aryl methyl sites for hydroxylation is 1. The highest BCUT2D eigenvalue weighted by Gasteiger charge is 2.17. The second-order valence-electron chi connectivity index (χ2n) is 4.37. The van der Waals surface area contributed by atoms with Gasteiger partial charge in [-0.25, -0.2) is 4.98 Å².